The fourth-order valence-corrected chi connectivity index (χ4v) is 3.14. The van der Waals surface area contributed by atoms with E-state index in [0.717, 1.165) is 0 Å². The maximum atomic E-state index is 12.4. The van der Waals surface area contributed by atoms with E-state index in [2.05, 4.69) is 10.6 Å². The third-order valence-corrected chi connectivity index (χ3v) is 4.48. The molecule has 0 saturated heterocycles. The first kappa shape index (κ1) is 14.3. The van der Waals surface area contributed by atoms with Crippen LogP contribution in [0.15, 0.2) is 47.4 Å². The molecular weight excluding hydrogens is 302 g/mol. The number of benzene rings is 2. The Morgan fingerprint density at radius 3 is 2.59 bits per heavy atom. The van der Waals surface area contributed by atoms with Crippen molar-refractivity contribution < 1.29 is 17.9 Å². The molecule has 0 aliphatic carbocycles. The summed E-state index contributed by atoms with van der Waals surface area (Å²) in [7, 11) is -3.73. The first-order valence-electron chi connectivity index (χ1n) is 6.58. The van der Waals surface area contributed by atoms with Crippen molar-refractivity contribution in [3.05, 3.63) is 48.0 Å². The predicted molar refractivity (Wildman–Crippen MR) is 82.6 cm³/mol. The Hall–Kier alpha value is -2.65. The van der Waals surface area contributed by atoms with Gasteiger partial charge < -0.3 is 9.47 Å². The quantitative estimate of drug-likeness (QED) is 0.882. The Labute approximate surface area is 128 Å². The van der Waals surface area contributed by atoms with Gasteiger partial charge in [-0.25, -0.2) is 8.42 Å². The van der Waals surface area contributed by atoms with Crippen molar-refractivity contribution in [1.82, 2.24) is 0 Å². The van der Waals surface area contributed by atoms with Gasteiger partial charge >= 0.3 is 0 Å². The number of sulfonamides is 1. The Morgan fingerprint density at radius 1 is 1.05 bits per heavy atom. The molecule has 0 fully saturated rings. The zero-order valence-electron chi connectivity index (χ0n) is 11.6. The van der Waals surface area contributed by atoms with E-state index in [4.69, 9.17) is 15.9 Å². The topological polar surface area (TPSA) is 64.6 Å². The summed E-state index contributed by atoms with van der Waals surface area (Å²) in [5.41, 5.74) is 1.01. The van der Waals surface area contributed by atoms with Gasteiger partial charge in [-0.3, -0.25) is 4.72 Å². The first-order valence-corrected chi connectivity index (χ1v) is 8.06. The van der Waals surface area contributed by atoms with Crippen molar-refractivity contribution in [2.45, 2.75) is 4.90 Å². The summed E-state index contributed by atoms with van der Waals surface area (Å²) < 4.78 is 38.1. The zero-order valence-corrected chi connectivity index (χ0v) is 12.4. The highest BCUT2D eigenvalue weighted by Crippen LogP contribution is 2.32. The summed E-state index contributed by atoms with van der Waals surface area (Å²) in [5.74, 6) is 3.43. The summed E-state index contributed by atoms with van der Waals surface area (Å²) in [6.45, 7) is 0.852. The molecule has 112 valence electrons. The third kappa shape index (κ3) is 2.85. The second-order valence-electron chi connectivity index (χ2n) is 4.64. The van der Waals surface area contributed by atoms with Crippen LogP contribution in [-0.2, 0) is 10.0 Å². The monoisotopic (exact) mass is 315 g/mol. The number of anilines is 1. The minimum atomic E-state index is -3.73. The fourth-order valence-electron chi connectivity index (χ4n) is 2.08. The first-order chi connectivity index (χ1) is 10.6. The summed E-state index contributed by atoms with van der Waals surface area (Å²) in [6, 6.07) is 11.1. The van der Waals surface area contributed by atoms with E-state index in [0.29, 0.717) is 36.0 Å². The van der Waals surface area contributed by atoms with Gasteiger partial charge in [0.15, 0.2) is 11.5 Å². The molecule has 0 unspecified atom stereocenters. The van der Waals surface area contributed by atoms with Crippen LogP contribution in [0, 0.1) is 12.3 Å². The van der Waals surface area contributed by atoms with Crippen molar-refractivity contribution in [3.8, 4) is 23.8 Å². The molecule has 0 bridgehead atoms. The van der Waals surface area contributed by atoms with E-state index in [1.165, 1.54) is 12.1 Å². The lowest BCUT2D eigenvalue weighted by atomic mass is 10.2. The van der Waals surface area contributed by atoms with E-state index < -0.39 is 10.0 Å². The van der Waals surface area contributed by atoms with Crippen LogP contribution in [0.1, 0.15) is 5.56 Å². The molecule has 5 nitrogen and oxygen atoms in total. The lowest BCUT2D eigenvalue weighted by Crippen LogP contribution is -2.17. The average Bonchev–Trinajstić information content (AvgIpc) is 2.54. The zero-order chi connectivity index (χ0) is 15.6. The second-order valence-corrected chi connectivity index (χ2v) is 6.32. The highest BCUT2D eigenvalue weighted by atomic mass is 32.2. The third-order valence-electron chi connectivity index (χ3n) is 3.11. The summed E-state index contributed by atoms with van der Waals surface area (Å²) in [6.07, 6.45) is 5.31. The van der Waals surface area contributed by atoms with E-state index >= 15 is 0 Å². The van der Waals surface area contributed by atoms with Gasteiger partial charge in [0.25, 0.3) is 10.0 Å². The molecule has 1 N–H and O–H groups in total. The van der Waals surface area contributed by atoms with Gasteiger partial charge in [-0.1, -0.05) is 12.0 Å². The lowest BCUT2D eigenvalue weighted by molar-refractivity contribution is 0.171. The van der Waals surface area contributed by atoms with Crippen molar-refractivity contribution in [1.29, 1.82) is 0 Å². The van der Waals surface area contributed by atoms with Crippen molar-refractivity contribution in [3.63, 3.8) is 0 Å². The van der Waals surface area contributed by atoms with Crippen molar-refractivity contribution >= 4 is 15.7 Å². The number of nitrogens with one attached hydrogen (secondary N) is 1. The Bertz CT molecular complexity index is 853. The van der Waals surface area contributed by atoms with Gasteiger partial charge in [0.2, 0.25) is 0 Å². The van der Waals surface area contributed by atoms with E-state index in [1.54, 1.807) is 30.3 Å². The summed E-state index contributed by atoms with van der Waals surface area (Å²) in [5, 5.41) is 0. The number of fused-ring (bicyclic) bond motifs is 1. The second kappa shape index (κ2) is 5.62. The van der Waals surface area contributed by atoms with E-state index in [-0.39, 0.29) is 4.90 Å². The Kier molecular flexibility index (Phi) is 3.65. The molecule has 0 radical (unpaired) electrons. The molecule has 0 spiro atoms. The van der Waals surface area contributed by atoms with Crippen LogP contribution in [0.4, 0.5) is 5.69 Å². The molecule has 6 heteroatoms. The SMILES string of the molecule is C#Cc1cccc(NS(=O)(=O)c2ccc3c(c2)OCCO3)c1. The molecule has 2 aromatic rings. The van der Waals surface area contributed by atoms with Gasteiger partial charge in [0.1, 0.15) is 13.2 Å². The van der Waals surface area contributed by atoms with Crippen LogP contribution in [0.5, 0.6) is 11.5 Å². The molecule has 1 aliphatic rings. The maximum Gasteiger partial charge on any atom is 0.262 e. The van der Waals surface area contributed by atoms with Gasteiger partial charge in [-0.05, 0) is 30.3 Å². The fraction of sp³-hybridized carbons (Fsp3) is 0.125. The van der Waals surface area contributed by atoms with Crippen LogP contribution >= 0.6 is 0 Å². The number of rotatable bonds is 3. The van der Waals surface area contributed by atoms with E-state index in [1.807, 2.05) is 0 Å². The molecule has 0 atom stereocenters. The number of hydrogen-bond acceptors (Lipinski definition) is 4. The predicted octanol–water partition coefficient (Wildman–Crippen LogP) is 2.24. The minimum Gasteiger partial charge on any atom is -0.486 e. The number of ether oxygens (including phenoxy) is 2. The molecule has 0 aromatic heterocycles. The van der Waals surface area contributed by atoms with Gasteiger partial charge in [0, 0.05) is 11.6 Å². The molecular formula is C16H13NO4S. The molecule has 2 aromatic carbocycles. The van der Waals surface area contributed by atoms with Crippen LogP contribution in [0.25, 0.3) is 0 Å². The van der Waals surface area contributed by atoms with Gasteiger partial charge in [-0.15, -0.1) is 6.42 Å². The summed E-state index contributed by atoms with van der Waals surface area (Å²) >= 11 is 0. The van der Waals surface area contributed by atoms with Crippen LogP contribution in [0.3, 0.4) is 0 Å². The molecule has 3 rings (SSSR count). The van der Waals surface area contributed by atoms with Crippen LogP contribution in [0.2, 0.25) is 0 Å². The van der Waals surface area contributed by atoms with Gasteiger partial charge in [-0.2, -0.15) is 0 Å². The van der Waals surface area contributed by atoms with Crippen LogP contribution in [-0.4, -0.2) is 21.6 Å². The normalized spacial score (nSPS) is 13.2. The Morgan fingerprint density at radius 2 is 1.82 bits per heavy atom. The molecule has 1 heterocycles. The minimum absolute atomic E-state index is 0.0999. The summed E-state index contributed by atoms with van der Waals surface area (Å²) in [4.78, 5) is 0.0999. The van der Waals surface area contributed by atoms with Gasteiger partial charge in [0.05, 0.1) is 10.6 Å². The number of terminal acetylenes is 1. The van der Waals surface area contributed by atoms with Crippen molar-refractivity contribution in [2.75, 3.05) is 17.9 Å². The standard InChI is InChI=1S/C16H13NO4S/c1-2-12-4-3-5-13(10-12)17-22(18,19)14-6-7-15-16(11-14)21-9-8-20-15/h1,3-7,10-11,17H,8-9H2. The molecule has 0 saturated carbocycles. The largest absolute Gasteiger partial charge is 0.486 e. The average molecular weight is 315 g/mol. The molecule has 22 heavy (non-hydrogen) atoms. The van der Waals surface area contributed by atoms with E-state index in [9.17, 15) is 8.42 Å². The highest BCUT2D eigenvalue weighted by molar-refractivity contribution is 7.92. The maximum absolute atomic E-state index is 12.4. The molecule has 0 amide bonds. The highest BCUT2D eigenvalue weighted by Gasteiger charge is 2.19. The number of hydrogen-bond donors (Lipinski definition) is 1. The lowest BCUT2D eigenvalue weighted by Gasteiger charge is -2.19. The van der Waals surface area contributed by atoms with Crippen LogP contribution < -0.4 is 14.2 Å². The smallest absolute Gasteiger partial charge is 0.262 e. The van der Waals surface area contributed by atoms with Crippen molar-refractivity contribution in [2.24, 2.45) is 0 Å². The Balaban J connectivity index is 1.91. The molecule has 1 aliphatic heterocycles.